The third-order valence-electron chi connectivity index (χ3n) is 5.18. The molecule has 152 valence electrons. The van der Waals surface area contributed by atoms with Crippen molar-refractivity contribution in [2.45, 2.75) is 27.2 Å². The highest BCUT2D eigenvalue weighted by Gasteiger charge is 2.13. The van der Waals surface area contributed by atoms with E-state index in [1.165, 1.54) is 0 Å². The minimum Gasteiger partial charge on any atom is -0.494 e. The van der Waals surface area contributed by atoms with E-state index in [0.29, 0.717) is 40.8 Å². The molecule has 0 saturated carbocycles. The molecule has 0 aliphatic carbocycles. The number of nitrogens with zero attached hydrogens (tertiary/aromatic N) is 3. The van der Waals surface area contributed by atoms with Crippen molar-refractivity contribution >= 4 is 22.8 Å². The highest BCUT2D eigenvalue weighted by molar-refractivity contribution is 5.87. The molecule has 0 radical (unpaired) electrons. The van der Waals surface area contributed by atoms with E-state index >= 15 is 0 Å². The molecule has 0 unspecified atom stereocenters. The van der Waals surface area contributed by atoms with Gasteiger partial charge in [0, 0.05) is 17.4 Å². The molecule has 30 heavy (non-hydrogen) atoms. The van der Waals surface area contributed by atoms with Crippen LogP contribution in [0.15, 0.2) is 47.3 Å². The molecule has 7 nitrogen and oxygen atoms in total. The number of aromatic amines is 1. The number of hydrogen-bond acceptors (Lipinski definition) is 6. The topological polar surface area (TPSA) is 92.8 Å². The number of H-pyrrole nitrogens is 1. The van der Waals surface area contributed by atoms with E-state index in [9.17, 15) is 4.79 Å². The highest BCUT2D eigenvalue weighted by Crippen LogP contribution is 2.26. The summed E-state index contributed by atoms with van der Waals surface area (Å²) in [5, 5.41) is 3.94. The van der Waals surface area contributed by atoms with E-state index in [1.807, 2.05) is 63.2 Å². The van der Waals surface area contributed by atoms with Crippen molar-refractivity contribution in [3.63, 3.8) is 0 Å². The molecule has 4 aromatic rings. The maximum atomic E-state index is 12.8. The zero-order valence-electron chi connectivity index (χ0n) is 17.4. The van der Waals surface area contributed by atoms with E-state index < -0.39 is 0 Å². The maximum Gasteiger partial charge on any atom is 0.256 e. The molecule has 2 aromatic heterocycles. The summed E-state index contributed by atoms with van der Waals surface area (Å²) in [6.45, 7) is 5.78. The summed E-state index contributed by atoms with van der Waals surface area (Å²) >= 11 is 0. The van der Waals surface area contributed by atoms with Crippen molar-refractivity contribution in [2.24, 2.45) is 0 Å². The molecule has 0 amide bonds. The first-order chi connectivity index (χ1) is 14.5. The zero-order chi connectivity index (χ0) is 21.3. The lowest BCUT2D eigenvalue weighted by Crippen LogP contribution is -2.19. The first-order valence-corrected chi connectivity index (χ1v) is 9.69. The van der Waals surface area contributed by atoms with Crippen molar-refractivity contribution in [3.05, 3.63) is 80.9 Å². The highest BCUT2D eigenvalue weighted by atomic mass is 16.5. The minimum atomic E-state index is -0.177. The van der Waals surface area contributed by atoms with Crippen LogP contribution in [-0.4, -0.2) is 27.0 Å². The van der Waals surface area contributed by atoms with E-state index in [0.717, 1.165) is 22.2 Å². The molecule has 0 saturated heterocycles. The molecule has 2 N–H and O–H groups in total. The second-order valence-corrected chi connectivity index (χ2v) is 7.20. The van der Waals surface area contributed by atoms with Crippen molar-refractivity contribution in [1.82, 2.24) is 19.9 Å². The van der Waals surface area contributed by atoms with Gasteiger partial charge in [0.1, 0.15) is 11.3 Å². The predicted molar refractivity (Wildman–Crippen MR) is 118 cm³/mol. The first kappa shape index (κ1) is 19.6. The molecular weight excluding hydrogens is 378 g/mol. The fourth-order valence-electron chi connectivity index (χ4n) is 3.48. The van der Waals surface area contributed by atoms with E-state index in [4.69, 9.17) is 4.74 Å². The molecule has 0 bridgehead atoms. The van der Waals surface area contributed by atoms with Crippen LogP contribution in [0, 0.1) is 20.8 Å². The van der Waals surface area contributed by atoms with Gasteiger partial charge in [-0.05, 0) is 38.0 Å². The number of anilines is 2. The van der Waals surface area contributed by atoms with Crippen LogP contribution >= 0.6 is 0 Å². The van der Waals surface area contributed by atoms with Crippen LogP contribution < -0.4 is 15.6 Å². The number of para-hydroxylation sites is 1. The number of rotatable bonds is 5. The molecule has 0 aliphatic rings. The summed E-state index contributed by atoms with van der Waals surface area (Å²) < 4.78 is 5.42. The quantitative estimate of drug-likeness (QED) is 0.525. The smallest absolute Gasteiger partial charge is 0.256 e. The SMILES string of the molecule is COc1cccc2c(C)nc(Nc3nc(C)c(Cc4ccccc4C)c(=O)[nH]3)nc12. The standard InChI is InChI=1S/C23H23N5O2/c1-13-8-5-6-9-16(13)12-18-15(3)25-23(27-21(18)29)28-22-24-14(2)17-10-7-11-19(30-4)20(17)26-22/h5-11H,12H2,1-4H3,(H2,24,25,26,27,28,29). The summed E-state index contributed by atoms with van der Waals surface area (Å²) in [6.07, 6.45) is 0.532. The number of methoxy groups -OCH3 is 1. The van der Waals surface area contributed by atoms with E-state index in [2.05, 4.69) is 25.3 Å². The van der Waals surface area contributed by atoms with Gasteiger partial charge in [-0.15, -0.1) is 0 Å². The maximum absolute atomic E-state index is 12.8. The first-order valence-electron chi connectivity index (χ1n) is 9.69. The van der Waals surface area contributed by atoms with Gasteiger partial charge in [0.15, 0.2) is 0 Å². The lowest BCUT2D eigenvalue weighted by Gasteiger charge is -2.11. The summed E-state index contributed by atoms with van der Waals surface area (Å²) in [5.41, 5.74) is 4.89. The Morgan fingerprint density at radius 1 is 0.967 bits per heavy atom. The van der Waals surface area contributed by atoms with Crippen molar-refractivity contribution in [2.75, 3.05) is 12.4 Å². The van der Waals surface area contributed by atoms with Crippen LogP contribution in [0.2, 0.25) is 0 Å². The number of hydrogen-bond donors (Lipinski definition) is 2. The molecule has 7 heteroatoms. The fraction of sp³-hybridized carbons (Fsp3) is 0.217. The van der Waals surface area contributed by atoms with E-state index in [1.54, 1.807) is 7.11 Å². The second kappa shape index (κ2) is 7.94. The van der Waals surface area contributed by atoms with Gasteiger partial charge in [-0.25, -0.2) is 15.0 Å². The Bertz CT molecular complexity index is 1300. The lowest BCUT2D eigenvalue weighted by atomic mass is 10.0. The van der Waals surface area contributed by atoms with Gasteiger partial charge in [-0.3, -0.25) is 15.1 Å². The monoisotopic (exact) mass is 401 g/mol. The van der Waals surface area contributed by atoms with Crippen LogP contribution in [0.4, 0.5) is 11.9 Å². The van der Waals surface area contributed by atoms with Crippen LogP contribution in [0.25, 0.3) is 10.9 Å². The van der Waals surface area contributed by atoms with Crippen LogP contribution in [0.5, 0.6) is 5.75 Å². The normalized spacial score (nSPS) is 10.9. The predicted octanol–water partition coefficient (Wildman–Crippen LogP) is 3.98. The molecule has 2 heterocycles. The second-order valence-electron chi connectivity index (χ2n) is 7.20. The Kier molecular flexibility index (Phi) is 5.18. The number of nitrogens with one attached hydrogen (secondary N) is 2. The van der Waals surface area contributed by atoms with Crippen LogP contribution in [0.3, 0.4) is 0 Å². The molecule has 0 spiro atoms. The number of ether oxygens (including phenoxy) is 1. The third kappa shape index (κ3) is 3.74. The van der Waals surface area contributed by atoms with Crippen molar-refractivity contribution in [1.29, 1.82) is 0 Å². The number of benzene rings is 2. The Labute approximate surface area is 174 Å². The average molecular weight is 401 g/mol. The summed E-state index contributed by atoms with van der Waals surface area (Å²) in [6, 6.07) is 13.7. The Balaban J connectivity index is 1.68. The van der Waals surface area contributed by atoms with E-state index in [-0.39, 0.29) is 5.56 Å². The number of fused-ring (bicyclic) bond motifs is 1. The third-order valence-corrected chi connectivity index (χ3v) is 5.18. The fourth-order valence-corrected chi connectivity index (χ4v) is 3.48. The Morgan fingerprint density at radius 2 is 1.77 bits per heavy atom. The Morgan fingerprint density at radius 3 is 2.50 bits per heavy atom. The lowest BCUT2D eigenvalue weighted by molar-refractivity contribution is 0.419. The average Bonchev–Trinajstić information content (AvgIpc) is 2.71. The largest absolute Gasteiger partial charge is 0.494 e. The molecule has 0 fully saturated rings. The van der Waals surface area contributed by atoms with Crippen molar-refractivity contribution < 1.29 is 4.74 Å². The summed E-state index contributed by atoms with van der Waals surface area (Å²) in [7, 11) is 1.61. The van der Waals surface area contributed by atoms with Gasteiger partial charge in [0.25, 0.3) is 5.56 Å². The number of aryl methyl sites for hydroxylation is 3. The molecule has 0 aliphatic heterocycles. The molecule has 2 aromatic carbocycles. The van der Waals surface area contributed by atoms with Crippen LogP contribution in [-0.2, 0) is 6.42 Å². The van der Waals surface area contributed by atoms with Crippen molar-refractivity contribution in [3.8, 4) is 5.75 Å². The zero-order valence-corrected chi connectivity index (χ0v) is 17.4. The summed E-state index contributed by atoms with van der Waals surface area (Å²) in [4.78, 5) is 29.1. The molecule has 0 atom stereocenters. The van der Waals surface area contributed by atoms with Crippen LogP contribution in [0.1, 0.15) is 28.1 Å². The number of aromatic nitrogens is 4. The van der Waals surface area contributed by atoms with Gasteiger partial charge in [0.2, 0.25) is 11.9 Å². The molecule has 4 rings (SSSR count). The van der Waals surface area contributed by atoms with Gasteiger partial charge in [0.05, 0.1) is 18.5 Å². The van der Waals surface area contributed by atoms with Gasteiger partial charge < -0.3 is 4.74 Å². The Hall–Kier alpha value is -3.74. The van der Waals surface area contributed by atoms with Gasteiger partial charge in [-0.2, -0.15) is 0 Å². The van der Waals surface area contributed by atoms with Gasteiger partial charge in [-0.1, -0.05) is 36.4 Å². The minimum absolute atomic E-state index is 0.177. The summed E-state index contributed by atoms with van der Waals surface area (Å²) in [5.74, 6) is 1.31. The van der Waals surface area contributed by atoms with Gasteiger partial charge >= 0.3 is 0 Å². The molecular formula is C23H23N5O2.